The van der Waals surface area contributed by atoms with Crippen LogP contribution in [0.25, 0.3) is 17.1 Å². The van der Waals surface area contributed by atoms with Crippen LogP contribution in [-0.4, -0.2) is 27.7 Å². The van der Waals surface area contributed by atoms with Crippen LogP contribution in [-0.2, 0) is 4.79 Å². The van der Waals surface area contributed by atoms with E-state index in [-0.39, 0.29) is 5.56 Å². The first-order chi connectivity index (χ1) is 8.63. The number of hydrogen-bond donors (Lipinski definition) is 1. The Morgan fingerprint density at radius 3 is 2.94 bits per heavy atom. The van der Waals surface area contributed by atoms with Crippen LogP contribution in [0, 0.1) is 0 Å². The second-order valence-electron chi connectivity index (χ2n) is 3.47. The SMILES string of the molecule is COc1cccc2c(=O)n(/C=C/C(=O)O)cnc12. The molecule has 0 atom stereocenters. The molecule has 6 heteroatoms. The largest absolute Gasteiger partial charge is 0.494 e. The third-order valence-corrected chi connectivity index (χ3v) is 2.37. The minimum Gasteiger partial charge on any atom is -0.494 e. The Morgan fingerprint density at radius 1 is 1.50 bits per heavy atom. The van der Waals surface area contributed by atoms with Crippen molar-refractivity contribution in [2.45, 2.75) is 0 Å². The van der Waals surface area contributed by atoms with Crippen molar-refractivity contribution in [1.82, 2.24) is 9.55 Å². The van der Waals surface area contributed by atoms with Gasteiger partial charge in [-0.15, -0.1) is 0 Å². The predicted octanol–water partition coefficient (Wildman–Crippen LogP) is 0.960. The average molecular weight is 246 g/mol. The van der Waals surface area contributed by atoms with Crippen LogP contribution in [0.2, 0.25) is 0 Å². The zero-order valence-corrected chi connectivity index (χ0v) is 9.53. The Labute approximate surface area is 102 Å². The fourth-order valence-corrected chi connectivity index (χ4v) is 1.55. The molecule has 0 saturated carbocycles. The summed E-state index contributed by atoms with van der Waals surface area (Å²) in [5.74, 6) is -0.633. The first-order valence-corrected chi connectivity index (χ1v) is 5.08. The molecule has 6 nitrogen and oxygen atoms in total. The summed E-state index contributed by atoms with van der Waals surface area (Å²) >= 11 is 0. The normalized spacial score (nSPS) is 10.9. The Kier molecular flexibility index (Phi) is 3.09. The lowest BCUT2D eigenvalue weighted by Gasteiger charge is -2.05. The summed E-state index contributed by atoms with van der Waals surface area (Å²) in [6.07, 6.45) is 3.28. The average Bonchev–Trinajstić information content (AvgIpc) is 2.37. The van der Waals surface area contributed by atoms with E-state index in [1.807, 2.05) is 0 Å². The maximum Gasteiger partial charge on any atom is 0.329 e. The number of methoxy groups -OCH3 is 1. The highest BCUT2D eigenvalue weighted by Crippen LogP contribution is 2.19. The standard InChI is InChI=1S/C12H10N2O4/c1-18-9-4-2-3-8-11(9)13-7-14(12(8)17)6-5-10(15)16/h2-7H,1H3,(H,15,16)/b6-5+. The molecule has 92 valence electrons. The number of carboxylic acid groups (broad SMARTS) is 1. The highest BCUT2D eigenvalue weighted by molar-refractivity contribution is 5.85. The monoisotopic (exact) mass is 246 g/mol. The molecule has 2 rings (SSSR count). The van der Waals surface area contributed by atoms with Gasteiger partial charge < -0.3 is 9.84 Å². The Hall–Kier alpha value is -2.63. The molecule has 0 bridgehead atoms. The number of carboxylic acids is 1. The number of carbonyl (C=O) groups is 1. The summed E-state index contributed by atoms with van der Waals surface area (Å²) in [5, 5.41) is 8.89. The quantitative estimate of drug-likeness (QED) is 0.816. The van der Waals surface area contributed by atoms with Gasteiger partial charge in [-0.05, 0) is 12.1 Å². The van der Waals surface area contributed by atoms with E-state index in [1.165, 1.54) is 13.4 Å². The maximum absolute atomic E-state index is 12.0. The molecule has 0 spiro atoms. The lowest BCUT2D eigenvalue weighted by Crippen LogP contribution is -2.16. The fraction of sp³-hybridized carbons (Fsp3) is 0.0833. The molecule has 18 heavy (non-hydrogen) atoms. The zero-order chi connectivity index (χ0) is 13.1. The molecule has 0 amide bonds. The number of fused-ring (bicyclic) bond motifs is 1. The van der Waals surface area contributed by atoms with E-state index in [1.54, 1.807) is 18.2 Å². The molecule has 0 aliphatic rings. The highest BCUT2D eigenvalue weighted by Gasteiger charge is 2.06. The molecule has 1 aromatic heterocycles. The molecular weight excluding hydrogens is 236 g/mol. The van der Waals surface area contributed by atoms with Gasteiger partial charge in [0.15, 0.2) is 0 Å². The van der Waals surface area contributed by atoms with E-state index in [0.29, 0.717) is 16.7 Å². The van der Waals surface area contributed by atoms with Crippen molar-refractivity contribution in [2.24, 2.45) is 0 Å². The Morgan fingerprint density at radius 2 is 2.28 bits per heavy atom. The predicted molar refractivity (Wildman–Crippen MR) is 65.5 cm³/mol. The van der Waals surface area contributed by atoms with Crippen LogP contribution in [0.5, 0.6) is 5.75 Å². The van der Waals surface area contributed by atoms with Gasteiger partial charge in [-0.2, -0.15) is 0 Å². The molecule has 0 fully saturated rings. The Balaban J connectivity index is 2.65. The van der Waals surface area contributed by atoms with Crippen LogP contribution in [0.1, 0.15) is 0 Å². The van der Waals surface area contributed by atoms with Gasteiger partial charge in [0, 0.05) is 12.3 Å². The van der Waals surface area contributed by atoms with Crippen LogP contribution in [0.15, 0.2) is 35.4 Å². The van der Waals surface area contributed by atoms with E-state index in [2.05, 4.69) is 4.98 Å². The van der Waals surface area contributed by atoms with Crippen molar-refractivity contribution in [3.05, 3.63) is 41.0 Å². The smallest absolute Gasteiger partial charge is 0.329 e. The van der Waals surface area contributed by atoms with E-state index in [9.17, 15) is 9.59 Å². The molecule has 1 aromatic carbocycles. The van der Waals surface area contributed by atoms with E-state index < -0.39 is 5.97 Å². The van der Waals surface area contributed by atoms with Gasteiger partial charge in [-0.1, -0.05) is 6.07 Å². The number of hydrogen-bond acceptors (Lipinski definition) is 4. The molecule has 0 aliphatic heterocycles. The van der Waals surface area contributed by atoms with Gasteiger partial charge in [-0.3, -0.25) is 9.36 Å². The number of benzene rings is 1. The number of para-hydroxylation sites is 1. The van der Waals surface area contributed by atoms with Crippen molar-refractivity contribution in [3.63, 3.8) is 0 Å². The second-order valence-corrected chi connectivity index (χ2v) is 3.47. The van der Waals surface area contributed by atoms with Crippen LogP contribution < -0.4 is 10.3 Å². The van der Waals surface area contributed by atoms with Gasteiger partial charge in [0.1, 0.15) is 17.6 Å². The number of rotatable bonds is 3. The molecule has 1 N–H and O–H groups in total. The van der Waals surface area contributed by atoms with Crippen molar-refractivity contribution >= 4 is 23.1 Å². The minimum atomic E-state index is -1.13. The van der Waals surface area contributed by atoms with Crippen molar-refractivity contribution < 1.29 is 14.6 Å². The highest BCUT2D eigenvalue weighted by atomic mass is 16.5. The molecule has 0 radical (unpaired) electrons. The summed E-state index contributed by atoms with van der Waals surface area (Å²) in [6.45, 7) is 0. The summed E-state index contributed by atoms with van der Waals surface area (Å²) in [7, 11) is 1.49. The van der Waals surface area contributed by atoms with Crippen LogP contribution in [0.3, 0.4) is 0 Å². The third-order valence-electron chi connectivity index (χ3n) is 2.37. The van der Waals surface area contributed by atoms with E-state index in [0.717, 1.165) is 16.8 Å². The molecule has 1 heterocycles. The summed E-state index contributed by atoms with van der Waals surface area (Å²) in [4.78, 5) is 26.5. The molecule has 0 aliphatic carbocycles. The first-order valence-electron chi connectivity index (χ1n) is 5.08. The van der Waals surface area contributed by atoms with Crippen molar-refractivity contribution in [1.29, 1.82) is 0 Å². The van der Waals surface area contributed by atoms with Gasteiger partial charge >= 0.3 is 5.97 Å². The van der Waals surface area contributed by atoms with Crippen molar-refractivity contribution in [2.75, 3.05) is 7.11 Å². The topological polar surface area (TPSA) is 81.4 Å². The number of ether oxygens (including phenoxy) is 1. The van der Waals surface area contributed by atoms with E-state index in [4.69, 9.17) is 9.84 Å². The summed E-state index contributed by atoms with van der Waals surface area (Å²) in [5.41, 5.74) is 0.0985. The number of aromatic nitrogens is 2. The van der Waals surface area contributed by atoms with Gasteiger partial charge in [0.2, 0.25) is 0 Å². The Bertz CT molecular complexity index is 688. The second kappa shape index (κ2) is 4.70. The lowest BCUT2D eigenvalue weighted by molar-refractivity contribution is -0.131. The molecule has 2 aromatic rings. The minimum absolute atomic E-state index is 0.351. The maximum atomic E-state index is 12.0. The van der Waals surface area contributed by atoms with Crippen LogP contribution >= 0.6 is 0 Å². The number of nitrogens with zero attached hydrogens (tertiary/aromatic N) is 2. The number of aliphatic carboxylic acids is 1. The van der Waals surface area contributed by atoms with Crippen LogP contribution in [0.4, 0.5) is 0 Å². The van der Waals surface area contributed by atoms with E-state index >= 15 is 0 Å². The first kappa shape index (κ1) is 11.8. The molecule has 0 saturated heterocycles. The van der Waals surface area contributed by atoms with Gasteiger partial charge in [0.25, 0.3) is 5.56 Å². The zero-order valence-electron chi connectivity index (χ0n) is 9.53. The third kappa shape index (κ3) is 2.08. The lowest BCUT2D eigenvalue weighted by atomic mass is 10.2. The van der Waals surface area contributed by atoms with Gasteiger partial charge in [0.05, 0.1) is 12.5 Å². The fourth-order valence-electron chi connectivity index (χ4n) is 1.55. The van der Waals surface area contributed by atoms with Crippen molar-refractivity contribution in [3.8, 4) is 5.75 Å². The molecular formula is C12H10N2O4. The summed E-state index contributed by atoms with van der Waals surface area (Å²) in [6, 6.07) is 4.99. The molecule has 0 unspecified atom stereocenters. The summed E-state index contributed by atoms with van der Waals surface area (Å²) < 4.78 is 6.20. The van der Waals surface area contributed by atoms with Gasteiger partial charge in [-0.25, -0.2) is 9.78 Å².